The van der Waals surface area contributed by atoms with Gasteiger partial charge in [-0.25, -0.2) is 10.9 Å². The Labute approximate surface area is 133 Å². The van der Waals surface area contributed by atoms with Crippen LogP contribution in [0, 0.1) is 0 Å². The maximum Gasteiger partial charge on any atom is 0.254 e. The number of rotatable bonds is 4. The van der Waals surface area contributed by atoms with Crippen LogP contribution in [0.15, 0.2) is 47.4 Å². The van der Waals surface area contributed by atoms with Crippen LogP contribution < -0.4 is 26.5 Å². The second-order valence-electron chi connectivity index (χ2n) is 5.29. The van der Waals surface area contributed by atoms with Crippen LogP contribution in [0.25, 0.3) is 0 Å². The molecule has 120 valence electrons. The van der Waals surface area contributed by atoms with Gasteiger partial charge in [0.1, 0.15) is 5.75 Å². The zero-order chi connectivity index (χ0) is 16.2. The molecule has 1 aromatic carbocycles. The van der Waals surface area contributed by atoms with Gasteiger partial charge in [-0.2, -0.15) is 0 Å². The molecule has 0 bridgehead atoms. The fourth-order valence-electron chi connectivity index (χ4n) is 2.60. The lowest BCUT2D eigenvalue weighted by molar-refractivity contribution is 0.0932. The number of hydrogen-bond donors (Lipinski definition) is 4. The van der Waals surface area contributed by atoms with Crippen molar-refractivity contribution in [3.05, 3.63) is 64.1 Å². The number of para-hydroxylation sites is 1. The highest BCUT2D eigenvalue weighted by Crippen LogP contribution is 2.29. The molecule has 0 aliphatic carbocycles. The summed E-state index contributed by atoms with van der Waals surface area (Å²) >= 11 is 0. The molecule has 1 aliphatic rings. The standard InChI is InChI=1S/C16H18N4O3/c1-23-13-5-3-2-4-11(13)12-8-14(20-19-12)18-16(22)10-6-7-15(21)17-9-10/h2-7,9,12,14,19-20H,8H2,1H3,(H,17,21)(H,18,22). The number of aromatic amines is 1. The molecule has 2 atom stereocenters. The minimum absolute atomic E-state index is 0.0343. The third-order valence-corrected chi connectivity index (χ3v) is 3.77. The van der Waals surface area contributed by atoms with Crippen LogP contribution in [-0.2, 0) is 0 Å². The maximum atomic E-state index is 12.2. The van der Waals surface area contributed by atoms with Crippen molar-refractivity contribution >= 4 is 5.91 Å². The van der Waals surface area contributed by atoms with Crippen molar-refractivity contribution in [1.82, 2.24) is 21.2 Å². The summed E-state index contributed by atoms with van der Waals surface area (Å²) in [5.74, 6) is 0.556. The SMILES string of the molecule is COc1ccccc1C1CC(NC(=O)c2ccc(=O)[nH]c2)NN1. The summed E-state index contributed by atoms with van der Waals surface area (Å²) in [6.07, 6.45) is 1.86. The van der Waals surface area contributed by atoms with Crippen molar-refractivity contribution in [3.8, 4) is 5.75 Å². The first kappa shape index (κ1) is 15.3. The Hall–Kier alpha value is -2.64. The summed E-state index contributed by atoms with van der Waals surface area (Å²) in [6.45, 7) is 0. The summed E-state index contributed by atoms with van der Waals surface area (Å²) in [5, 5.41) is 2.88. The van der Waals surface area contributed by atoms with E-state index in [4.69, 9.17) is 4.74 Å². The Kier molecular flexibility index (Phi) is 4.40. The Morgan fingerprint density at radius 1 is 1.22 bits per heavy atom. The zero-order valence-corrected chi connectivity index (χ0v) is 12.6. The topological polar surface area (TPSA) is 95.2 Å². The predicted molar refractivity (Wildman–Crippen MR) is 84.9 cm³/mol. The van der Waals surface area contributed by atoms with E-state index in [9.17, 15) is 9.59 Å². The molecule has 1 saturated heterocycles. The number of amides is 1. The number of hydrogen-bond acceptors (Lipinski definition) is 5. The highest BCUT2D eigenvalue weighted by molar-refractivity contribution is 5.93. The first-order chi connectivity index (χ1) is 11.2. The van der Waals surface area contributed by atoms with Crippen LogP contribution >= 0.6 is 0 Å². The van der Waals surface area contributed by atoms with E-state index in [1.807, 2.05) is 24.3 Å². The average molecular weight is 314 g/mol. The lowest BCUT2D eigenvalue weighted by Gasteiger charge is -2.14. The first-order valence-corrected chi connectivity index (χ1v) is 7.31. The molecule has 0 saturated carbocycles. The number of carbonyl (C=O) groups excluding carboxylic acids is 1. The van der Waals surface area contributed by atoms with Gasteiger partial charge >= 0.3 is 0 Å². The average Bonchev–Trinajstić information content (AvgIpc) is 3.03. The number of H-pyrrole nitrogens is 1. The van der Waals surface area contributed by atoms with E-state index in [2.05, 4.69) is 21.2 Å². The largest absolute Gasteiger partial charge is 0.496 e. The van der Waals surface area contributed by atoms with Crippen LogP contribution in [0.1, 0.15) is 28.4 Å². The number of carbonyl (C=O) groups is 1. The van der Waals surface area contributed by atoms with Crippen molar-refractivity contribution < 1.29 is 9.53 Å². The fourth-order valence-corrected chi connectivity index (χ4v) is 2.60. The molecule has 1 fully saturated rings. The van der Waals surface area contributed by atoms with E-state index in [1.165, 1.54) is 18.3 Å². The Morgan fingerprint density at radius 3 is 2.78 bits per heavy atom. The summed E-state index contributed by atoms with van der Waals surface area (Å²) in [4.78, 5) is 25.7. The van der Waals surface area contributed by atoms with Crippen LogP contribution in [0.5, 0.6) is 5.75 Å². The molecule has 4 N–H and O–H groups in total. The lowest BCUT2D eigenvalue weighted by Crippen LogP contribution is -2.44. The molecule has 7 nitrogen and oxygen atoms in total. The fraction of sp³-hybridized carbons (Fsp3) is 0.250. The third-order valence-electron chi connectivity index (χ3n) is 3.77. The predicted octanol–water partition coefficient (Wildman–Crippen LogP) is 0.679. The second kappa shape index (κ2) is 6.64. The summed E-state index contributed by atoms with van der Waals surface area (Å²) in [7, 11) is 1.64. The van der Waals surface area contributed by atoms with E-state index in [0.29, 0.717) is 12.0 Å². The van der Waals surface area contributed by atoms with Gasteiger partial charge in [0.15, 0.2) is 0 Å². The van der Waals surface area contributed by atoms with Gasteiger partial charge in [0.2, 0.25) is 5.56 Å². The van der Waals surface area contributed by atoms with E-state index in [0.717, 1.165) is 11.3 Å². The molecule has 3 rings (SSSR count). The van der Waals surface area contributed by atoms with Crippen LogP contribution in [0.2, 0.25) is 0 Å². The summed E-state index contributed by atoms with van der Waals surface area (Å²) < 4.78 is 5.37. The van der Waals surface area contributed by atoms with Gasteiger partial charge in [-0.15, -0.1) is 0 Å². The highest BCUT2D eigenvalue weighted by atomic mass is 16.5. The van der Waals surface area contributed by atoms with Crippen molar-refractivity contribution in [3.63, 3.8) is 0 Å². The second-order valence-corrected chi connectivity index (χ2v) is 5.29. The Balaban J connectivity index is 1.65. The minimum Gasteiger partial charge on any atom is -0.496 e. The van der Waals surface area contributed by atoms with Gasteiger partial charge in [0.25, 0.3) is 5.91 Å². The van der Waals surface area contributed by atoms with Gasteiger partial charge in [-0.05, 0) is 12.1 Å². The van der Waals surface area contributed by atoms with Crippen LogP contribution in [-0.4, -0.2) is 24.2 Å². The molecule has 1 amide bonds. The number of aromatic nitrogens is 1. The monoisotopic (exact) mass is 314 g/mol. The van der Waals surface area contributed by atoms with Crippen molar-refractivity contribution in [1.29, 1.82) is 0 Å². The normalized spacial score (nSPS) is 20.2. The molecule has 1 aromatic heterocycles. The molecule has 1 aliphatic heterocycles. The molecule has 2 aromatic rings. The van der Waals surface area contributed by atoms with Gasteiger partial charge in [-0.3, -0.25) is 9.59 Å². The van der Waals surface area contributed by atoms with E-state index < -0.39 is 0 Å². The molecule has 0 radical (unpaired) electrons. The van der Waals surface area contributed by atoms with E-state index >= 15 is 0 Å². The van der Waals surface area contributed by atoms with Gasteiger partial charge in [0, 0.05) is 24.2 Å². The molecule has 23 heavy (non-hydrogen) atoms. The molecule has 0 spiro atoms. The number of nitrogens with one attached hydrogen (secondary N) is 4. The molecular weight excluding hydrogens is 296 g/mol. The molecular formula is C16H18N4O3. The van der Waals surface area contributed by atoms with Gasteiger partial charge < -0.3 is 15.0 Å². The summed E-state index contributed by atoms with van der Waals surface area (Å²) in [6, 6.07) is 10.6. The van der Waals surface area contributed by atoms with Crippen molar-refractivity contribution in [2.24, 2.45) is 0 Å². The quantitative estimate of drug-likeness (QED) is 0.666. The molecule has 7 heteroatoms. The summed E-state index contributed by atoms with van der Waals surface area (Å²) in [5.41, 5.74) is 7.42. The Morgan fingerprint density at radius 2 is 2.04 bits per heavy atom. The number of pyridine rings is 1. The third kappa shape index (κ3) is 3.41. The minimum atomic E-state index is -0.249. The van der Waals surface area contributed by atoms with E-state index in [-0.39, 0.29) is 23.7 Å². The van der Waals surface area contributed by atoms with Gasteiger partial charge in [0.05, 0.1) is 24.9 Å². The van der Waals surface area contributed by atoms with Crippen molar-refractivity contribution in [2.45, 2.75) is 18.6 Å². The molecule has 2 heterocycles. The number of hydrazine groups is 1. The molecule has 2 unspecified atom stereocenters. The van der Waals surface area contributed by atoms with Crippen molar-refractivity contribution in [2.75, 3.05) is 7.11 Å². The number of benzene rings is 1. The van der Waals surface area contributed by atoms with E-state index in [1.54, 1.807) is 7.11 Å². The Bertz CT molecular complexity index is 738. The highest BCUT2D eigenvalue weighted by Gasteiger charge is 2.28. The smallest absolute Gasteiger partial charge is 0.254 e. The first-order valence-electron chi connectivity index (χ1n) is 7.31. The van der Waals surface area contributed by atoms with Crippen LogP contribution in [0.4, 0.5) is 0 Å². The lowest BCUT2D eigenvalue weighted by atomic mass is 10.0. The van der Waals surface area contributed by atoms with Gasteiger partial charge in [-0.1, -0.05) is 18.2 Å². The number of methoxy groups -OCH3 is 1. The van der Waals surface area contributed by atoms with Crippen LogP contribution in [0.3, 0.4) is 0 Å². The zero-order valence-electron chi connectivity index (χ0n) is 12.6. The number of ether oxygens (including phenoxy) is 1. The maximum absolute atomic E-state index is 12.2.